The Kier molecular flexibility index (Phi) is 4.32. The Balaban J connectivity index is 2.73. The molecule has 1 rings (SSSR count). The van der Waals surface area contributed by atoms with Crippen molar-refractivity contribution in [3.63, 3.8) is 0 Å². The number of benzene rings is 1. The standard InChI is InChI=1S/C10H10BrF4N/c11-8-2-1-6(12)5-7(8)9(16)3-4-10(13,14)15/h1-2,5,9H,3-4,16H2/t9-/m0/s1. The van der Waals surface area contributed by atoms with Gasteiger partial charge in [0.05, 0.1) is 0 Å². The summed E-state index contributed by atoms with van der Waals surface area (Å²) in [6.07, 6.45) is -5.47. The molecule has 0 amide bonds. The van der Waals surface area contributed by atoms with Crippen molar-refractivity contribution in [2.24, 2.45) is 5.73 Å². The van der Waals surface area contributed by atoms with Crippen LogP contribution in [0.1, 0.15) is 24.4 Å². The summed E-state index contributed by atoms with van der Waals surface area (Å²) in [5.41, 5.74) is 5.93. The number of rotatable bonds is 3. The van der Waals surface area contributed by atoms with Crippen LogP contribution in [0, 0.1) is 5.82 Å². The molecule has 0 saturated carbocycles. The first-order valence-corrected chi connectivity index (χ1v) is 5.36. The van der Waals surface area contributed by atoms with Crippen molar-refractivity contribution in [2.75, 3.05) is 0 Å². The lowest BCUT2D eigenvalue weighted by atomic mass is 10.0. The summed E-state index contributed by atoms with van der Waals surface area (Å²) in [6.45, 7) is 0. The molecule has 1 atom stereocenters. The molecule has 1 nitrogen and oxygen atoms in total. The molecule has 0 bridgehead atoms. The van der Waals surface area contributed by atoms with Gasteiger partial charge < -0.3 is 5.73 Å². The van der Waals surface area contributed by atoms with Gasteiger partial charge in [-0.25, -0.2) is 4.39 Å². The maximum absolute atomic E-state index is 12.9. The molecule has 2 N–H and O–H groups in total. The van der Waals surface area contributed by atoms with E-state index in [9.17, 15) is 17.6 Å². The zero-order chi connectivity index (χ0) is 12.3. The van der Waals surface area contributed by atoms with Crippen LogP contribution in [0.3, 0.4) is 0 Å². The molecule has 16 heavy (non-hydrogen) atoms. The van der Waals surface area contributed by atoms with Crippen molar-refractivity contribution in [1.82, 2.24) is 0 Å². The van der Waals surface area contributed by atoms with E-state index in [0.717, 1.165) is 6.07 Å². The number of nitrogens with two attached hydrogens (primary N) is 1. The third kappa shape index (κ3) is 4.09. The highest BCUT2D eigenvalue weighted by Crippen LogP contribution is 2.30. The Labute approximate surface area is 98.8 Å². The highest BCUT2D eigenvalue weighted by Gasteiger charge is 2.28. The topological polar surface area (TPSA) is 26.0 Å². The second-order valence-corrected chi connectivity index (χ2v) is 4.28. The largest absolute Gasteiger partial charge is 0.389 e. The molecule has 0 fully saturated rings. The number of hydrogen-bond donors (Lipinski definition) is 1. The highest BCUT2D eigenvalue weighted by molar-refractivity contribution is 9.10. The van der Waals surface area contributed by atoms with Crippen LogP contribution in [0.4, 0.5) is 17.6 Å². The average Bonchev–Trinajstić information content (AvgIpc) is 2.17. The van der Waals surface area contributed by atoms with Gasteiger partial charge in [0.1, 0.15) is 5.82 Å². The molecule has 0 aliphatic carbocycles. The Morgan fingerprint density at radius 1 is 1.31 bits per heavy atom. The molecule has 0 heterocycles. The van der Waals surface area contributed by atoms with E-state index in [1.807, 2.05) is 0 Å². The monoisotopic (exact) mass is 299 g/mol. The van der Waals surface area contributed by atoms with Gasteiger partial charge in [-0.1, -0.05) is 15.9 Å². The normalized spacial score (nSPS) is 13.9. The lowest BCUT2D eigenvalue weighted by Crippen LogP contribution is -2.16. The molecule has 0 radical (unpaired) electrons. The summed E-state index contributed by atoms with van der Waals surface area (Å²) < 4.78 is 49.3. The predicted molar refractivity (Wildman–Crippen MR) is 56.3 cm³/mol. The van der Waals surface area contributed by atoms with Gasteiger partial charge >= 0.3 is 6.18 Å². The zero-order valence-corrected chi connectivity index (χ0v) is 9.78. The predicted octanol–water partition coefficient (Wildman–Crippen LogP) is 3.93. The molecular weight excluding hydrogens is 290 g/mol. The van der Waals surface area contributed by atoms with E-state index in [-0.39, 0.29) is 6.42 Å². The van der Waals surface area contributed by atoms with Crippen LogP contribution in [-0.2, 0) is 0 Å². The number of hydrogen-bond acceptors (Lipinski definition) is 1. The first-order chi connectivity index (χ1) is 7.29. The highest BCUT2D eigenvalue weighted by atomic mass is 79.9. The quantitative estimate of drug-likeness (QED) is 0.841. The Morgan fingerprint density at radius 2 is 1.94 bits per heavy atom. The van der Waals surface area contributed by atoms with Crippen molar-refractivity contribution in [3.05, 3.63) is 34.1 Å². The van der Waals surface area contributed by atoms with Gasteiger partial charge in [0.15, 0.2) is 0 Å². The fourth-order valence-electron chi connectivity index (χ4n) is 1.27. The molecule has 0 aliphatic heterocycles. The Bertz CT molecular complexity index is 364. The van der Waals surface area contributed by atoms with E-state index in [2.05, 4.69) is 15.9 Å². The Hall–Kier alpha value is -0.620. The van der Waals surface area contributed by atoms with Crippen LogP contribution < -0.4 is 5.73 Å². The van der Waals surface area contributed by atoms with Gasteiger partial charge in [0, 0.05) is 16.9 Å². The molecule has 0 spiro atoms. The molecule has 90 valence electrons. The third-order valence-electron chi connectivity index (χ3n) is 2.10. The van der Waals surface area contributed by atoms with E-state index in [0.29, 0.717) is 10.0 Å². The summed E-state index contributed by atoms with van der Waals surface area (Å²) in [7, 11) is 0. The first kappa shape index (κ1) is 13.4. The smallest absolute Gasteiger partial charge is 0.324 e. The van der Waals surface area contributed by atoms with E-state index in [1.54, 1.807) is 0 Å². The van der Waals surface area contributed by atoms with Gasteiger partial charge in [0.25, 0.3) is 0 Å². The van der Waals surface area contributed by atoms with Crippen LogP contribution in [0.25, 0.3) is 0 Å². The molecular formula is C10H10BrF4N. The van der Waals surface area contributed by atoms with Crippen molar-refractivity contribution >= 4 is 15.9 Å². The van der Waals surface area contributed by atoms with E-state index < -0.39 is 24.5 Å². The van der Waals surface area contributed by atoms with Crippen LogP contribution in [0.5, 0.6) is 0 Å². The van der Waals surface area contributed by atoms with E-state index in [1.165, 1.54) is 12.1 Å². The van der Waals surface area contributed by atoms with E-state index >= 15 is 0 Å². The molecule has 0 aromatic heterocycles. The van der Waals surface area contributed by atoms with E-state index in [4.69, 9.17) is 5.73 Å². The Morgan fingerprint density at radius 3 is 2.50 bits per heavy atom. The molecule has 0 saturated heterocycles. The summed E-state index contributed by atoms with van der Waals surface area (Å²) in [5.74, 6) is -0.513. The fraction of sp³-hybridized carbons (Fsp3) is 0.400. The second kappa shape index (κ2) is 5.14. The van der Waals surface area contributed by atoms with Crippen molar-refractivity contribution < 1.29 is 17.6 Å². The van der Waals surface area contributed by atoms with Gasteiger partial charge in [-0.15, -0.1) is 0 Å². The van der Waals surface area contributed by atoms with Gasteiger partial charge in [-0.3, -0.25) is 0 Å². The number of alkyl halides is 3. The summed E-state index contributed by atoms with van der Waals surface area (Å²) in [5, 5.41) is 0. The molecule has 1 aromatic rings. The minimum Gasteiger partial charge on any atom is -0.324 e. The van der Waals surface area contributed by atoms with Crippen LogP contribution in [-0.4, -0.2) is 6.18 Å². The summed E-state index contributed by atoms with van der Waals surface area (Å²) >= 11 is 3.12. The lowest BCUT2D eigenvalue weighted by Gasteiger charge is -2.15. The molecule has 6 heteroatoms. The van der Waals surface area contributed by atoms with Crippen molar-refractivity contribution in [2.45, 2.75) is 25.1 Å². The SMILES string of the molecule is N[C@@H](CCC(F)(F)F)c1cc(F)ccc1Br. The minimum absolute atomic E-state index is 0.258. The average molecular weight is 300 g/mol. The van der Waals surface area contributed by atoms with Crippen molar-refractivity contribution in [3.8, 4) is 0 Å². The number of halogens is 5. The maximum atomic E-state index is 12.9. The molecule has 0 unspecified atom stereocenters. The van der Waals surface area contributed by atoms with Crippen LogP contribution in [0.15, 0.2) is 22.7 Å². The lowest BCUT2D eigenvalue weighted by molar-refractivity contribution is -0.136. The second-order valence-electron chi connectivity index (χ2n) is 3.43. The zero-order valence-electron chi connectivity index (χ0n) is 8.19. The minimum atomic E-state index is -4.24. The van der Waals surface area contributed by atoms with Gasteiger partial charge in [-0.2, -0.15) is 13.2 Å². The van der Waals surface area contributed by atoms with Crippen LogP contribution >= 0.6 is 15.9 Å². The van der Waals surface area contributed by atoms with Crippen molar-refractivity contribution in [1.29, 1.82) is 0 Å². The summed E-state index contributed by atoms with van der Waals surface area (Å²) in [4.78, 5) is 0. The summed E-state index contributed by atoms with van der Waals surface area (Å²) in [6, 6.07) is 2.96. The maximum Gasteiger partial charge on any atom is 0.389 e. The molecule has 1 aromatic carbocycles. The third-order valence-corrected chi connectivity index (χ3v) is 2.82. The van der Waals surface area contributed by atoms with Gasteiger partial charge in [-0.05, 0) is 30.2 Å². The first-order valence-electron chi connectivity index (χ1n) is 4.57. The fourth-order valence-corrected chi connectivity index (χ4v) is 1.81. The van der Waals surface area contributed by atoms with Gasteiger partial charge in [0.2, 0.25) is 0 Å². The van der Waals surface area contributed by atoms with Crippen LogP contribution in [0.2, 0.25) is 0 Å². The molecule has 0 aliphatic rings.